The van der Waals surface area contributed by atoms with Crippen LogP contribution in [0, 0.1) is 0 Å². The Morgan fingerprint density at radius 2 is 2.12 bits per heavy atom. The van der Waals surface area contributed by atoms with Crippen molar-refractivity contribution in [3.63, 3.8) is 0 Å². The summed E-state index contributed by atoms with van der Waals surface area (Å²) in [5, 5.41) is 0. The molecule has 4 heteroatoms. The summed E-state index contributed by atoms with van der Waals surface area (Å²) in [7, 11) is 0. The van der Waals surface area contributed by atoms with Crippen LogP contribution in [0.2, 0.25) is 0 Å². The monoisotopic (exact) mass is 234 g/mol. The molecule has 1 fully saturated rings. The highest BCUT2D eigenvalue weighted by Crippen LogP contribution is 2.35. The molecular weight excluding hydrogens is 220 g/mol. The largest absolute Gasteiger partial charge is 0.465 e. The van der Waals surface area contributed by atoms with Gasteiger partial charge in [-0.2, -0.15) is 0 Å². The first-order valence-electron chi connectivity index (χ1n) is 5.62. The molecule has 0 spiro atoms. The van der Waals surface area contributed by atoms with Crippen LogP contribution in [0.5, 0.6) is 0 Å². The summed E-state index contributed by atoms with van der Waals surface area (Å²) in [6.45, 7) is 2.23. The van der Waals surface area contributed by atoms with E-state index in [0.717, 1.165) is 0 Å². The van der Waals surface area contributed by atoms with Gasteiger partial charge in [0.15, 0.2) is 5.41 Å². The van der Waals surface area contributed by atoms with Gasteiger partial charge in [-0.3, -0.25) is 9.59 Å². The van der Waals surface area contributed by atoms with Crippen molar-refractivity contribution in [3.05, 3.63) is 35.9 Å². The molecule has 0 N–H and O–H groups in total. The minimum absolute atomic E-state index is 0.251. The molecule has 1 atom stereocenters. The molecule has 1 aromatic rings. The van der Waals surface area contributed by atoms with Crippen LogP contribution in [0.3, 0.4) is 0 Å². The Morgan fingerprint density at radius 3 is 2.65 bits per heavy atom. The van der Waals surface area contributed by atoms with E-state index in [-0.39, 0.29) is 13.2 Å². The summed E-state index contributed by atoms with van der Waals surface area (Å²) in [6, 6.07) is 8.93. The molecular formula is C13H14O4. The highest BCUT2D eigenvalue weighted by Gasteiger charge is 2.53. The first-order valence-corrected chi connectivity index (χ1v) is 5.62. The Bertz CT molecular complexity index is 426. The number of benzene rings is 1. The number of ether oxygens (including phenoxy) is 2. The van der Waals surface area contributed by atoms with Crippen LogP contribution >= 0.6 is 0 Å². The van der Waals surface area contributed by atoms with Crippen molar-refractivity contribution in [2.45, 2.75) is 18.8 Å². The maximum Gasteiger partial charge on any atom is 0.328 e. The fourth-order valence-electron chi connectivity index (χ4n) is 2.06. The van der Waals surface area contributed by atoms with Crippen molar-refractivity contribution in [1.29, 1.82) is 0 Å². The van der Waals surface area contributed by atoms with E-state index < -0.39 is 17.4 Å². The minimum atomic E-state index is -1.27. The quantitative estimate of drug-likeness (QED) is 0.586. The predicted molar refractivity (Wildman–Crippen MR) is 60.3 cm³/mol. The molecule has 17 heavy (non-hydrogen) atoms. The van der Waals surface area contributed by atoms with Crippen LogP contribution in [0.1, 0.15) is 18.9 Å². The molecule has 0 radical (unpaired) electrons. The fourth-order valence-corrected chi connectivity index (χ4v) is 2.06. The van der Waals surface area contributed by atoms with Crippen molar-refractivity contribution >= 4 is 11.9 Å². The van der Waals surface area contributed by atoms with Gasteiger partial charge >= 0.3 is 11.9 Å². The molecule has 1 aliphatic rings. The summed E-state index contributed by atoms with van der Waals surface area (Å²) >= 11 is 0. The lowest BCUT2D eigenvalue weighted by Gasteiger charge is -2.22. The van der Waals surface area contributed by atoms with Gasteiger partial charge in [-0.05, 0) is 12.5 Å². The highest BCUT2D eigenvalue weighted by molar-refractivity contribution is 6.07. The summed E-state index contributed by atoms with van der Waals surface area (Å²) < 4.78 is 9.97. The molecule has 4 nitrogen and oxygen atoms in total. The lowest BCUT2D eigenvalue weighted by molar-refractivity contribution is -0.158. The Morgan fingerprint density at radius 1 is 1.41 bits per heavy atom. The van der Waals surface area contributed by atoms with Crippen molar-refractivity contribution in [2.75, 3.05) is 13.2 Å². The summed E-state index contributed by atoms with van der Waals surface area (Å²) in [4.78, 5) is 23.9. The van der Waals surface area contributed by atoms with Gasteiger partial charge in [0.25, 0.3) is 0 Å². The number of carbonyl (C=O) groups excluding carboxylic acids is 2. The molecule has 90 valence electrons. The smallest absolute Gasteiger partial charge is 0.328 e. The molecule has 1 saturated heterocycles. The topological polar surface area (TPSA) is 52.6 Å². The second kappa shape index (κ2) is 4.57. The van der Waals surface area contributed by atoms with Gasteiger partial charge in [0.05, 0.1) is 13.2 Å². The average molecular weight is 234 g/mol. The van der Waals surface area contributed by atoms with Crippen molar-refractivity contribution in [2.24, 2.45) is 0 Å². The molecule has 0 unspecified atom stereocenters. The Balaban J connectivity index is 2.45. The van der Waals surface area contributed by atoms with Gasteiger partial charge in [0.2, 0.25) is 0 Å². The van der Waals surface area contributed by atoms with E-state index in [1.807, 2.05) is 6.07 Å². The summed E-state index contributed by atoms with van der Waals surface area (Å²) in [6.07, 6.45) is 0.342. The number of carbonyl (C=O) groups is 2. The fraction of sp³-hybridized carbons (Fsp3) is 0.385. The zero-order valence-corrected chi connectivity index (χ0v) is 9.64. The molecule has 0 aliphatic carbocycles. The van der Waals surface area contributed by atoms with E-state index in [2.05, 4.69) is 0 Å². The van der Waals surface area contributed by atoms with E-state index in [9.17, 15) is 9.59 Å². The summed E-state index contributed by atoms with van der Waals surface area (Å²) in [5.74, 6) is -1.03. The van der Waals surface area contributed by atoms with Crippen LogP contribution in [0.25, 0.3) is 0 Å². The first kappa shape index (κ1) is 11.6. The van der Waals surface area contributed by atoms with E-state index in [1.54, 1.807) is 31.2 Å². The second-order valence-electron chi connectivity index (χ2n) is 3.88. The van der Waals surface area contributed by atoms with Gasteiger partial charge in [-0.15, -0.1) is 0 Å². The van der Waals surface area contributed by atoms with Crippen molar-refractivity contribution in [3.8, 4) is 0 Å². The molecule has 2 rings (SSSR count). The normalized spacial score (nSPS) is 23.2. The van der Waals surface area contributed by atoms with Crippen molar-refractivity contribution in [1.82, 2.24) is 0 Å². The number of rotatable bonds is 3. The number of esters is 2. The van der Waals surface area contributed by atoms with Crippen LogP contribution < -0.4 is 0 Å². The maximum absolute atomic E-state index is 12.1. The maximum atomic E-state index is 12.1. The molecule has 0 amide bonds. The van der Waals surface area contributed by atoms with Gasteiger partial charge in [0, 0.05) is 6.42 Å². The third kappa shape index (κ3) is 1.79. The predicted octanol–water partition coefficient (Wildman–Crippen LogP) is 1.43. The third-order valence-corrected chi connectivity index (χ3v) is 2.95. The van der Waals surface area contributed by atoms with Crippen molar-refractivity contribution < 1.29 is 19.1 Å². The lowest BCUT2D eigenvalue weighted by Crippen LogP contribution is -2.41. The summed E-state index contributed by atoms with van der Waals surface area (Å²) in [5.41, 5.74) is -0.627. The van der Waals surface area contributed by atoms with E-state index in [0.29, 0.717) is 12.0 Å². The molecule has 0 saturated carbocycles. The van der Waals surface area contributed by atoms with Gasteiger partial charge in [-0.1, -0.05) is 30.3 Å². The van der Waals surface area contributed by atoms with Gasteiger partial charge in [0.1, 0.15) is 0 Å². The Labute approximate surface area is 99.5 Å². The third-order valence-electron chi connectivity index (χ3n) is 2.95. The van der Waals surface area contributed by atoms with Crippen LogP contribution in [0.15, 0.2) is 30.3 Å². The average Bonchev–Trinajstić information content (AvgIpc) is 2.73. The number of hydrogen-bond acceptors (Lipinski definition) is 4. The number of hydrogen-bond donors (Lipinski definition) is 0. The van der Waals surface area contributed by atoms with Crippen LogP contribution in [-0.2, 0) is 24.5 Å². The molecule has 0 aromatic heterocycles. The van der Waals surface area contributed by atoms with Gasteiger partial charge in [-0.25, -0.2) is 0 Å². The number of cyclic esters (lactones) is 1. The Hall–Kier alpha value is -1.84. The second-order valence-corrected chi connectivity index (χ2v) is 3.88. The highest BCUT2D eigenvalue weighted by atomic mass is 16.6. The SMILES string of the molecule is CCOC(=O)[C@@]1(c2ccccc2)CCOC1=O. The van der Waals surface area contributed by atoms with Crippen LogP contribution in [0.4, 0.5) is 0 Å². The molecule has 1 aliphatic heterocycles. The molecule has 1 aromatic carbocycles. The van der Waals surface area contributed by atoms with E-state index in [1.165, 1.54) is 0 Å². The lowest BCUT2D eigenvalue weighted by atomic mass is 9.79. The van der Waals surface area contributed by atoms with E-state index in [4.69, 9.17) is 9.47 Å². The van der Waals surface area contributed by atoms with E-state index >= 15 is 0 Å². The first-order chi connectivity index (χ1) is 8.21. The Kier molecular flexibility index (Phi) is 3.13. The standard InChI is InChI=1S/C13H14O4/c1-2-16-11(14)13(8-9-17-12(13)15)10-6-4-3-5-7-10/h3-7H,2,8-9H2,1H3/t13-/m0/s1. The zero-order chi connectivity index (χ0) is 12.3. The zero-order valence-electron chi connectivity index (χ0n) is 9.64. The van der Waals surface area contributed by atoms with Crippen LogP contribution in [-0.4, -0.2) is 25.2 Å². The van der Waals surface area contributed by atoms with Gasteiger partial charge < -0.3 is 9.47 Å². The minimum Gasteiger partial charge on any atom is -0.465 e. The molecule has 0 bridgehead atoms. The molecule has 1 heterocycles.